The normalized spacial score (nSPS) is 9.53. The van der Waals surface area contributed by atoms with E-state index in [-0.39, 0.29) is 11.8 Å². The standard InChI is InChI=1S/C26H28N2O2/c1-3-5-17-27-25(29)23-15-9-13-21(19-23)11-7-8-12-22-14-10-16-24(20-22)26(30)28-18-6-4-2/h9-10,13-16,19-20H,3-6,17-18H2,1-2H3,(H,27,29)(H,28,30). The van der Waals surface area contributed by atoms with Gasteiger partial charge in [-0.25, -0.2) is 0 Å². The Bertz CT molecular complexity index is 906. The minimum Gasteiger partial charge on any atom is -0.352 e. The van der Waals surface area contributed by atoms with Gasteiger partial charge in [0, 0.05) is 35.3 Å². The van der Waals surface area contributed by atoms with Crippen molar-refractivity contribution in [1.29, 1.82) is 0 Å². The zero-order valence-electron chi connectivity index (χ0n) is 17.7. The summed E-state index contributed by atoms with van der Waals surface area (Å²) >= 11 is 0. The number of hydrogen-bond donors (Lipinski definition) is 2. The van der Waals surface area contributed by atoms with Crippen LogP contribution in [0.1, 0.15) is 71.4 Å². The summed E-state index contributed by atoms with van der Waals surface area (Å²) in [6.45, 7) is 5.52. The van der Waals surface area contributed by atoms with Crippen LogP contribution in [0.4, 0.5) is 0 Å². The van der Waals surface area contributed by atoms with Gasteiger partial charge in [-0.1, -0.05) is 50.7 Å². The summed E-state index contributed by atoms with van der Waals surface area (Å²) in [5.41, 5.74) is 2.65. The van der Waals surface area contributed by atoms with E-state index < -0.39 is 0 Å². The Morgan fingerprint density at radius 2 is 1.17 bits per heavy atom. The number of carbonyl (C=O) groups is 2. The molecule has 2 aromatic carbocycles. The molecule has 0 aromatic heterocycles. The van der Waals surface area contributed by atoms with Crippen molar-refractivity contribution in [3.8, 4) is 23.7 Å². The van der Waals surface area contributed by atoms with Gasteiger partial charge in [-0.2, -0.15) is 0 Å². The van der Waals surface area contributed by atoms with Crippen LogP contribution in [-0.2, 0) is 0 Å². The maximum atomic E-state index is 12.1. The molecule has 0 heterocycles. The fraction of sp³-hybridized carbons (Fsp3) is 0.308. The molecular formula is C26H28N2O2. The number of rotatable bonds is 8. The smallest absolute Gasteiger partial charge is 0.251 e. The summed E-state index contributed by atoms with van der Waals surface area (Å²) in [4.78, 5) is 24.3. The van der Waals surface area contributed by atoms with Crippen molar-refractivity contribution in [2.24, 2.45) is 0 Å². The molecule has 0 fully saturated rings. The molecule has 4 heteroatoms. The first kappa shape index (κ1) is 22.8. The minimum absolute atomic E-state index is 0.0905. The molecule has 0 aliphatic heterocycles. The lowest BCUT2D eigenvalue weighted by molar-refractivity contribution is 0.0945. The fourth-order valence-corrected chi connectivity index (χ4v) is 2.64. The third-order valence-electron chi connectivity index (χ3n) is 4.36. The van der Waals surface area contributed by atoms with Crippen LogP contribution < -0.4 is 10.6 Å². The molecule has 0 bridgehead atoms. The van der Waals surface area contributed by atoms with E-state index in [0.717, 1.165) is 36.8 Å². The zero-order chi connectivity index (χ0) is 21.6. The molecule has 0 aliphatic rings. The lowest BCUT2D eigenvalue weighted by Gasteiger charge is -2.04. The van der Waals surface area contributed by atoms with Crippen molar-refractivity contribution in [3.63, 3.8) is 0 Å². The monoisotopic (exact) mass is 400 g/mol. The molecule has 0 radical (unpaired) electrons. The zero-order valence-corrected chi connectivity index (χ0v) is 17.7. The molecule has 0 spiro atoms. The summed E-state index contributed by atoms with van der Waals surface area (Å²) in [7, 11) is 0. The van der Waals surface area contributed by atoms with Crippen molar-refractivity contribution < 1.29 is 9.59 Å². The Balaban J connectivity index is 2.01. The molecule has 2 N–H and O–H groups in total. The van der Waals surface area contributed by atoms with Crippen molar-refractivity contribution in [2.45, 2.75) is 39.5 Å². The maximum Gasteiger partial charge on any atom is 0.251 e. The molecular weight excluding hydrogens is 372 g/mol. The molecule has 2 rings (SSSR count). The van der Waals surface area contributed by atoms with E-state index >= 15 is 0 Å². The van der Waals surface area contributed by atoms with Gasteiger partial charge >= 0.3 is 0 Å². The quantitative estimate of drug-likeness (QED) is 0.517. The molecule has 30 heavy (non-hydrogen) atoms. The van der Waals surface area contributed by atoms with Gasteiger partial charge in [0.05, 0.1) is 0 Å². The third-order valence-corrected chi connectivity index (χ3v) is 4.36. The highest BCUT2D eigenvalue weighted by atomic mass is 16.2. The SMILES string of the molecule is CCCCNC(=O)c1cccc(C#CC#Cc2cccc(C(=O)NCCCC)c2)c1. The first-order valence-electron chi connectivity index (χ1n) is 10.4. The van der Waals surface area contributed by atoms with Crippen LogP contribution in [0.5, 0.6) is 0 Å². The Morgan fingerprint density at radius 3 is 1.57 bits per heavy atom. The number of benzene rings is 2. The van der Waals surface area contributed by atoms with Crippen molar-refractivity contribution >= 4 is 11.8 Å². The second-order valence-corrected chi connectivity index (χ2v) is 6.88. The van der Waals surface area contributed by atoms with Crippen molar-refractivity contribution in [2.75, 3.05) is 13.1 Å². The summed E-state index contributed by atoms with van der Waals surface area (Å²) < 4.78 is 0. The van der Waals surface area contributed by atoms with Gasteiger partial charge in [0.1, 0.15) is 0 Å². The minimum atomic E-state index is -0.0905. The summed E-state index contributed by atoms with van der Waals surface area (Å²) in [5.74, 6) is 11.4. The third kappa shape index (κ3) is 7.86. The first-order valence-corrected chi connectivity index (χ1v) is 10.4. The number of hydrogen-bond acceptors (Lipinski definition) is 2. The number of unbranched alkanes of at least 4 members (excludes halogenated alkanes) is 2. The average molecular weight is 401 g/mol. The van der Waals surface area contributed by atoms with E-state index in [9.17, 15) is 9.59 Å². The molecule has 0 saturated carbocycles. The van der Waals surface area contributed by atoms with E-state index in [1.807, 2.05) is 24.3 Å². The highest BCUT2D eigenvalue weighted by Crippen LogP contribution is 2.05. The molecule has 2 aromatic rings. The Labute approximate surface area is 179 Å². The maximum absolute atomic E-state index is 12.1. The van der Waals surface area contributed by atoms with Gasteiger partial charge in [-0.05, 0) is 61.1 Å². The van der Waals surface area contributed by atoms with E-state index in [2.05, 4.69) is 48.2 Å². The molecule has 0 aliphatic carbocycles. The van der Waals surface area contributed by atoms with Gasteiger partial charge in [-0.3, -0.25) is 9.59 Å². The topological polar surface area (TPSA) is 58.2 Å². The first-order chi connectivity index (χ1) is 14.6. The average Bonchev–Trinajstić information content (AvgIpc) is 2.77. The van der Waals surface area contributed by atoms with Crippen molar-refractivity contribution in [1.82, 2.24) is 10.6 Å². The summed E-state index contributed by atoms with van der Waals surface area (Å²) in [5, 5.41) is 5.80. The summed E-state index contributed by atoms with van der Waals surface area (Å²) in [6, 6.07) is 14.4. The van der Waals surface area contributed by atoms with Crippen LogP contribution in [0.15, 0.2) is 48.5 Å². The largest absolute Gasteiger partial charge is 0.352 e. The number of carbonyl (C=O) groups excluding carboxylic acids is 2. The summed E-state index contributed by atoms with van der Waals surface area (Å²) in [6.07, 6.45) is 4.00. The fourth-order valence-electron chi connectivity index (χ4n) is 2.64. The molecule has 0 saturated heterocycles. The Hall–Kier alpha value is -3.50. The van der Waals surface area contributed by atoms with Crippen LogP contribution in [-0.4, -0.2) is 24.9 Å². The van der Waals surface area contributed by atoms with E-state index in [4.69, 9.17) is 0 Å². The van der Waals surface area contributed by atoms with Gasteiger partial charge in [0.15, 0.2) is 0 Å². The predicted molar refractivity (Wildman–Crippen MR) is 121 cm³/mol. The van der Waals surface area contributed by atoms with E-state index in [0.29, 0.717) is 24.2 Å². The van der Waals surface area contributed by atoms with Gasteiger partial charge in [0.2, 0.25) is 0 Å². The van der Waals surface area contributed by atoms with E-state index in [1.54, 1.807) is 24.3 Å². The second-order valence-electron chi connectivity index (χ2n) is 6.88. The molecule has 154 valence electrons. The molecule has 4 nitrogen and oxygen atoms in total. The highest BCUT2D eigenvalue weighted by molar-refractivity contribution is 5.95. The van der Waals surface area contributed by atoms with Crippen LogP contribution in [0.3, 0.4) is 0 Å². The van der Waals surface area contributed by atoms with Crippen molar-refractivity contribution in [3.05, 3.63) is 70.8 Å². The van der Waals surface area contributed by atoms with Gasteiger partial charge in [-0.15, -0.1) is 0 Å². The Morgan fingerprint density at radius 1 is 0.733 bits per heavy atom. The second kappa shape index (κ2) is 12.9. The van der Waals surface area contributed by atoms with Crippen LogP contribution >= 0.6 is 0 Å². The van der Waals surface area contributed by atoms with Crippen LogP contribution in [0.2, 0.25) is 0 Å². The van der Waals surface area contributed by atoms with Crippen LogP contribution in [0.25, 0.3) is 0 Å². The number of amides is 2. The number of nitrogens with one attached hydrogen (secondary N) is 2. The predicted octanol–water partition coefficient (Wildman–Crippen LogP) is 4.15. The lowest BCUT2D eigenvalue weighted by Crippen LogP contribution is -2.24. The molecule has 0 atom stereocenters. The highest BCUT2D eigenvalue weighted by Gasteiger charge is 2.05. The van der Waals surface area contributed by atoms with Crippen LogP contribution in [0, 0.1) is 23.7 Å². The van der Waals surface area contributed by atoms with E-state index in [1.165, 1.54) is 0 Å². The Kier molecular flexibility index (Phi) is 9.77. The molecule has 0 unspecified atom stereocenters. The van der Waals surface area contributed by atoms with Gasteiger partial charge < -0.3 is 10.6 Å². The van der Waals surface area contributed by atoms with Gasteiger partial charge in [0.25, 0.3) is 11.8 Å². The lowest BCUT2D eigenvalue weighted by atomic mass is 10.1. The molecule has 2 amide bonds.